The molecular formula is C16H22BrNO3. The molecule has 1 aliphatic heterocycles. The van der Waals surface area contributed by atoms with Crippen molar-refractivity contribution in [3.63, 3.8) is 0 Å². The van der Waals surface area contributed by atoms with E-state index in [1.807, 2.05) is 32.9 Å². The largest absolute Gasteiger partial charge is 0.444 e. The summed E-state index contributed by atoms with van der Waals surface area (Å²) in [6.45, 7) is 7.35. The molecule has 1 aromatic rings. The van der Waals surface area contributed by atoms with E-state index in [1.165, 1.54) is 5.56 Å². The smallest absolute Gasteiger partial charge is 0.410 e. The van der Waals surface area contributed by atoms with Gasteiger partial charge in [-0.25, -0.2) is 4.79 Å². The van der Waals surface area contributed by atoms with Gasteiger partial charge in [-0.3, -0.25) is 0 Å². The lowest BCUT2D eigenvalue weighted by Crippen LogP contribution is -2.48. The van der Waals surface area contributed by atoms with Crippen LogP contribution in [-0.4, -0.2) is 42.4 Å². The van der Waals surface area contributed by atoms with Gasteiger partial charge in [0.1, 0.15) is 5.60 Å². The van der Waals surface area contributed by atoms with Crippen molar-refractivity contribution in [2.24, 2.45) is 0 Å². The van der Waals surface area contributed by atoms with E-state index in [9.17, 15) is 4.79 Å². The lowest BCUT2D eigenvalue weighted by Gasteiger charge is -2.34. The summed E-state index contributed by atoms with van der Waals surface area (Å²) < 4.78 is 12.2. The summed E-state index contributed by atoms with van der Waals surface area (Å²) in [5, 5.41) is 0. The number of benzene rings is 1. The van der Waals surface area contributed by atoms with E-state index >= 15 is 0 Å². The van der Waals surface area contributed by atoms with Crippen LogP contribution in [0.15, 0.2) is 28.7 Å². The number of amides is 1. The summed E-state index contributed by atoms with van der Waals surface area (Å²) in [6.07, 6.45) is 0.546. The number of morpholine rings is 1. The minimum absolute atomic E-state index is 0.0144. The number of hydrogen-bond donors (Lipinski definition) is 0. The predicted molar refractivity (Wildman–Crippen MR) is 85.4 cm³/mol. The van der Waals surface area contributed by atoms with Gasteiger partial charge in [-0.05, 0) is 38.5 Å². The monoisotopic (exact) mass is 355 g/mol. The molecule has 1 unspecified atom stereocenters. The van der Waals surface area contributed by atoms with E-state index in [-0.39, 0.29) is 12.2 Å². The summed E-state index contributed by atoms with van der Waals surface area (Å²) in [4.78, 5) is 13.8. The van der Waals surface area contributed by atoms with Crippen LogP contribution in [0, 0.1) is 0 Å². The molecule has 1 aliphatic rings. The molecule has 1 saturated heterocycles. The molecule has 4 nitrogen and oxygen atoms in total. The lowest BCUT2D eigenvalue weighted by atomic mass is 10.1. The second kappa shape index (κ2) is 6.79. The van der Waals surface area contributed by atoms with Crippen LogP contribution >= 0.6 is 15.9 Å². The van der Waals surface area contributed by atoms with Gasteiger partial charge in [0.05, 0.1) is 19.3 Å². The quantitative estimate of drug-likeness (QED) is 0.812. The van der Waals surface area contributed by atoms with Crippen molar-refractivity contribution < 1.29 is 14.3 Å². The molecule has 0 radical (unpaired) electrons. The highest BCUT2D eigenvalue weighted by atomic mass is 79.9. The lowest BCUT2D eigenvalue weighted by molar-refractivity contribution is -0.0415. The first-order valence-electron chi connectivity index (χ1n) is 7.17. The molecule has 116 valence electrons. The fourth-order valence-electron chi connectivity index (χ4n) is 2.26. The minimum atomic E-state index is -0.463. The van der Waals surface area contributed by atoms with Crippen molar-refractivity contribution in [2.45, 2.75) is 38.9 Å². The van der Waals surface area contributed by atoms with E-state index in [0.29, 0.717) is 19.7 Å². The van der Waals surface area contributed by atoms with Crippen LogP contribution in [0.1, 0.15) is 26.3 Å². The number of halogens is 1. The van der Waals surface area contributed by atoms with Crippen LogP contribution < -0.4 is 0 Å². The Kier molecular flexibility index (Phi) is 5.27. The van der Waals surface area contributed by atoms with Gasteiger partial charge in [0.15, 0.2) is 0 Å². The highest BCUT2D eigenvalue weighted by Crippen LogP contribution is 2.18. The molecule has 1 amide bonds. The van der Waals surface area contributed by atoms with E-state index in [0.717, 1.165) is 10.9 Å². The van der Waals surface area contributed by atoms with Gasteiger partial charge in [-0.2, -0.15) is 0 Å². The van der Waals surface area contributed by atoms with Gasteiger partial charge in [0.25, 0.3) is 0 Å². The van der Waals surface area contributed by atoms with E-state index in [2.05, 4.69) is 28.1 Å². The molecule has 1 fully saturated rings. The van der Waals surface area contributed by atoms with Gasteiger partial charge in [-0.15, -0.1) is 0 Å². The molecule has 21 heavy (non-hydrogen) atoms. The topological polar surface area (TPSA) is 38.8 Å². The first kappa shape index (κ1) is 16.3. The molecule has 2 rings (SSSR count). The zero-order chi connectivity index (χ0) is 15.5. The van der Waals surface area contributed by atoms with Gasteiger partial charge in [0.2, 0.25) is 0 Å². The molecule has 1 atom stereocenters. The van der Waals surface area contributed by atoms with Gasteiger partial charge in [-0.1, -0.05) is 28.1 Å². The Labute approximate surface area is 134 Å². The van der Waals surface area contributed by atoms with Gasteiger partial charge < -0.3 is 14.4 Å². The third-order valence-electron chi connectivity index (χ3n) is 3.14. The maximum Gasteiger partial charge on any atom is 0.410 e. The SMILES string of the molecule is CC(C)(C)OC(=O)N1CCOC(Cc2cccc(Br)c2)C1. The number of ether oxygens (including phenoxy) is 2. The molecule has 0 spiro atoms. The molecule has 0 aromatic heterocycles. The third kappa shape index (κ3) is 5.32. The Balaban J connectivity index is 1.93. The van der Waals surface area contributed by atoms with Crippen LogP contribution in [0.2, 0.25) is 0 Å². The Morgan fingerprint density at radius 1 is 1.48 bits per heavy atom. The first-order chi connectivity index (χ1) is 9.83. The number of hydrogen-bond acceptors (Lipinski definition) is 3. The Morgan fingerprint density at radius 3 is 2.90 bits per heavy atom. The van der Waals surface area contributed by atoms with Crippen LogP contribution in [0.3, 0.4) is 0 Å². The zero-order valence-corrected chi connectivity index (χ0v) is 14.4. The van der Waals surface area contributed by atoms with Crippen molar-refractivity contribution in [1.82, 2.24) is 4.90 Å². The van der Waals surface area contributed by atoms with Gasteiger partial charge >= 0.3 is 6.09 Å². The van der Waals surface area contributed by atoms with Crippen molar-refractivity contribution in [3.05, 3.63) is 34.3 Å². The standard InChI is InChI=1S/C16H22BrNO3/c1-16(2,3)21-15(19)18-7-8-20-14(11-18)10-12-5-4-6-13(17)9-12/h4-6,9,14H,7-8,10-11H2,1-3H3. The first-order valence-corrected chi connectivity index (χ1v) is 7.97. The summed E-state index contributed by atoms with van der Waals surface area (Å²) in [5.41, 5.74) is 0.732. The number of nitrogens with zero attached hydrogens (tertiary/aromatic N) is 1. The van der Waals surface area contributed by atoms with Crippen LogP contribution in [0.4, 0.5) is 4.79 Å². The van der Waals surface area contributed by atoms with Crippen LogP contribution in [-0.2, 0) is 15.9 Å². The molecular weight excluding hydrogens is 334 g/mol. The summed E-state index contributed by atoms with van der Waals surface area (Å²) >= 11 is 3.47. The maximum atomic E-state index is 12.1. The maximum absolute atomic E-state index is 12.1. The highest BCUT2D eigenvalue weighted by Gasteiger charge is 2.28. The van der Waals surface area contributed by atoms with Crippen molar-refractivity contribution >= 4 is 22.0 Å². The predicted octanol–water partition coefficient (Wildman–Crippen LogP) is 3.63. The normalized spacial score (nSPS) is 19.4. The van der Waals surface area contributed by atoms with Crippen molar-refractivity contribution in [3.8, 4) is 0 Å². The molecule has 5 heteroatoms. The van der Waals surface area contributed by atoms with E-state index in [4.69, 9.17) is 9.47 Å². The second-order valence-electron chi connectivity index (χ2n) is 6.25. The zero-order valence-electron chi connectivity index (χ0n) is 12.8. The summed E-state index contributed by atoms with van der Waals surface area (Å²) in [6, 6.07) is 8.16. The molecule has 1 aromatic carbocycles. The average molecular weight is 356 g/mol. The molecule has 0 N–H and O–H groups in total. The van der Waals surface area contributed by atoms with Crippen molar-refractivity contribution in [2.75, 3.05) is 19.7 Å². The Morgan fingerprint density at radius 2 is 2.24 bits per heavy atom. The van der Waals surface area contributed by atoms with Crippen LogP contribution in [0.5, 0.6) is 0 Å². The summed E-state index contributed by atoms with van der Waals surface area (Å²) in [5.74, 6) is 0. The highest BCUT2D eigenvalue weighted by molar-refractivity contribution is 9.10. The third-order valence-corrected chi connectivity index (χ3v) is 3.64. The van der Waals surface area contributed by atoms with E-state index in [1.54, 1.807) is 4.90 Å². The van der Waals surface area contributed by atoms with Crippen molar-refractivity contribution in [1.29, 1.82) is 0 Å². The number of rotatable bonds is 2. The van der Waals surface area contributed by atoms with Gasteiger partial charge in [0, 0.05) is 17.4 Å². The molecule has 0 saturated carbocycles. The van der Waals surface area contributed by atoms with Crippen LogP contribution in [0.25, 0.3) is 0 Å². The number of carbonyl (C=O) groups excluding carboxylic acids is 1. The average Bonchev–Trinajstić information content (AvgIpc) is 2.37. The number of carbonyl (C=O) groups is 1. The fraction of sp³-hybridized carbons (Fsp3) is 0.562. The molecule has 0 bridgehead atoms. The second-order valence-corrected chi connectivity index (χ2v) is 7.17. The fourth-order valence-corrected chi connectivity index (χ4v) is 2.71. The van der Waals surface area contributed by atoms with E-state index < -0.39 is 5.60 Å². The summed E-state index contributed by atoms with van der Waals surface area (Å²) in [7, 11) is 0. The molecule has 0 aliphatic carbocycles. The molecule has 1 heterocycles. The Bertz CT molecular complexity index is 499. The minimum Gasteiger partial charge on any atom is -0.444 e. The Hall–Kier alpha value is -1.07.